The minimum Gasteiger partial charge on any atom is -0.439 e. The van der Waals surface area contributed by atoms with Gasteiger partial charge < -0.3 is 14.6 Å². The summed E-state index contributed by atoms with van der Waals surface area (Å²) in [5, 5.41) is 14.1. The van der Waals surface area contributed by atoms with Crippen LogP contribution in [-0.4, -0.2) is 48.0 Å². The molecule has 5 aromatic rings. The van der Waals surface area contributed by atoms with Gasteiger partial charge in [0, 0.05) is 34.9 Å². The van der Waals surface area contributed by atoms with Gasteiger partial charge in [0.15, 0.2) is 5.17 Å². The van der Waals surface area contributed by atoms with Crippen molar-refractivity contribution < 1.29 is 24.0 Å². The first-order valence-corrected chi connectivity index (χ1v) is 18.8. The highest BCUT2D eigenvalue weighted by Crippen LogP contribution is 2.30. The molecule has 0 fully saturated rings. The summed E-state index contributed by atoms with van der Waals surface area (Å²) in [5.41, 5.74) is 5.04. The molecule has 0 saturated carbocycles. The number of ether oxygens (including phenoxy) is 1. The highest BCUT2D eigenvalue weighted by atomic mass is 32.2. The van der Waals surface area contributed by atoms with E-state index in [0.717, 1.165) is 46.2 Å². The molecule has 0 atom stereocenters. The summed E-state index contributed by atoms with van der Waals surface area (Å²) >= 11 is 0.998. The van der Waals surface area contributed by atoms with E-state index in [1.807, 2.05) is 97.3 Å². The van der Waals surface area contributed by atoms with E-state index >= 15 is 0 Å². The molecule has 0 bridgehead atoms. The van der Waals surface area contributed by atoms with Crippen LogP contribution in [0.4, 0.5) is 5.69 Å². The van der Waals surface area contributed by atoms with Crippen LogP contribution in [0, 0.1) is 24.0 Å². The second-order valence-electron chi connectivity index (χ2n) is 12.7. The molecule has 6 rings (SSSR count). The number of nitrogens with one attached hydrogen (secondary N) is 1. The van der Waals surface area contributed by atoms with Crippen molar-refractivity contribution >= 4 is 46.4 Å². The monoisotopic (exact) mass is 778 g/mol. The van der Waals surface area contributed by atoms with Gasteiger partial charge in [-0.05, 0) is 79.9 Å². The molecule has 3 heterocycles. The Morgan fingerprint density at radius 2 is 1.65 bits per heavy atom. The predicted octanol–water partition coefficient (Wildman–Crippen LogP) is 8.58. The molecule has 3 amide bonds. The molecule has 0 unspecified atom stereocenters. The summed E-state index contributed by atoms with van der Waals surface area (Å²) in [7, 11) is 0. The van der Waals surface area contributed by atoms with Crippen LogP contribution in [0.15, 0.2) is 156 Å². The van der Waals surface area contributed by atoms with Crippen LogP contribution < -0.4 is 10.1 Å². The Labute approximate surface area is 333 Å². The summed E-state index contributed by atoms with van der Waals surface area (Å²) in [6.07, 6.45) is 9.33. The second kappa shape index (κ2) is 18.0. The maximum Gasteiger partial charge on any atom is 0.287 e. The number of thioether (sulfide) groups is 1. The number of benzene rings is 3. The Morgan fingerprint density at radius 1 is 0.982 bits per heavy atom. The lowest BCUT2D eigenvalue weighted by Crippen LogP contribution is -2.42. The van der Waals surface area contributed by atoms with Crippen molar-refractivity contribution in [1.82, 2.24) is 19.8 Å². The number of aryl methyl sites for hydroxylation is 1. The van der Waals surface area contributed by atoms with Crippen LogP contribution in [0.2, 0.25) is 0 Å². The molecule has 0 saturated heterocycles. The fraction of sp³-hybridized carbons (Fsp3) is 0.114. The van der Waals surface area contributed by atoms with Crippen LogP contribution in [0.1, 0.15) is 41.0 Å². The lowest BCUT2D eigenvalue weighted by Gasteiger charge is -2.28. The van der Waals surface area contributed by atoms with Gasteiger partial charge in [0.2, 0.25) is 11.8 Å². The number of hydrogen-bond donors (Lipinski definition) is 1. The molecule has 0 spiro atoms. The Kier molecular flexibility index (Phi) is 12.5. The zero-order valence-corrected chi connectivity index (χ0v) is 32.2. The van der Waals surface area contributed by atoms with Crippen molar-refractivity contribution in [2.75, 3.05) is 5.75 Å². The third-order valence-electron chi connectivity index (χ3n) is 8.93. The number of nitro groups is 1. The predicted molar refractivity (Wildman–Crippen MR) is 222 cm³/mol. The Balaban J connectivity index is 1.24. The van der Waals surface area contributed by atoms with E-state index in [9.17, 15) is 24.5 Å². The third kappa shape index (κ3) is 9.23. The Hall–Kier alpha value is -7.12. The van der Waals surface area contributed by atoms with Crippen molar-refractivity contribution in [1.29, 1.82) is 0 Å². The number of nitrogens with zero attached hydrogens (tertiary/aromatic N) is 5. The fourth-order valence-corrected chi connectivity index (χ4v) is 7.01. The quantitative estimate of drug-likeness (QED) is 0.0411. The molecule has 2 aromatic heterocycles. The molecule has 3 aromatic carbocycles. The summed E-state index contributed by atoms with van der Waals surface area (Å²) < 4.78 is 7.74. The van der Waals surface area contributed by atoms with Crippen LogP contribution in [-0.2, 0) is 14.4 Å². The highest BCUT2D eigenvalue weighted by molar-refractivity contribution is 8.14. The highest BCUT2D eigenvalue weighted by Gasteiger charge is 2.35. The number of hydrogen-bond acceptors (Lipinski definition) is 8. The lowest BCUT2D eigenvalue weighted by molar-refractivity contribution is -0.385. The topological polar surface area (TPSA) is 149 Å². The van der Waals surface area contributed by atoms with E-state index in [4.69, 9.17) is 4.74 Å². The third-order valence-corrected chi connectivity index (χ3v) is 9.87. The van der Waals surface area contributed by atoms with Gasteiger partial charge >= 0.3 is 0 Å². The minimum atomic E-state index is -0.722. The van der Waals surface area contributed by atoms with E-state index in [-0.39, 0.29) is 34.0 Å². The maximum absolute atomic E-state index is 14.3. The SMILES string of the molecule is C=C/C=C\C(=C/C)N1C(=O)/C(=C/c2cc(C)n(-c3ccc(Oc4ccc([N+](=O)[O-])cn4)cc3)c2C)C(=O)N=C1SCC(=O)NC(c1ccccc1)c1ccccc1. The van der Waals surface area contributed by atoms with Crippen molar-refractivity contribution in [3.05, 3.63) is 190 Å². The van der Waals surface area contributed by atoms with Crippen LogP contribution in [0.3, 0.4) is 0 Å². The standard InChI is InChI=1S/C44H38N6O6S/c1-5-7-18-34(6-2)49-43(53)38(42(52)47-44(49)57-28-39(51)46-41(31-14-10-8-11-15-31)32-16-12-9-13-17-32)26-33-25-29(3)48(30(33)4)35-19-22-37(23-20-35)56-40-24-21-36(27-45-40)50(54)55/h5-27,41H,1,28H2,2-4H3,(H,46,51)/b18-7-,34-6+,38-26+. The van der Waals surface area contributed by atoms with E-state index in [1.165, 1.54) is 17.0 Å². The average molecular weight is 779 g/mol. The van der Waals surface area contributed by atoms with Gasteiger partial charge in [0.1, 0.15) is 17.5 Å². The number of allylic oxidation sites excluding steroid dienone is 4. The molecule has 57 heavy (non-hydrogen) atoms. The van der Waals surface area contributed by atoms with Gasteiger partial charge in [-0.3, -0.25) is 29.4 Å². The molecule has 1 aliphatic heterocycles. The molecule has 286 valence electrons. The molecule has 12 nitrogen and oxygen atoms in total. The molecule has 1 aliphatic rings. The lowest BCUT2D eigenvalue weighted by atomic mass is 9.99. The molecule has 13 heteroatoms. The van der Waals surface area contributed by atoms with Crippen molar-refractivity contribution in [2.24, 2.45) is 4.99 Å². The number of amidine groups is 1. The summed E-state index contributed by atoms with van der Waals surface area (Å²) in [4.78, 5) is 61.6. The molecular weight excluding hydrogens is 741 g/mol. The first-order chi connectivity index (χ1) is 27.6. The number of aliphatic imine (C=N–C) groups is 1. The number of rotatable bonds is 13. The van der Waals surface area contributed by atoms with Crippen LogP contribution in [0.5, 0.6) is 11.6 Å². The normalized spacial score (nSPS) is 14.0. The summed E-state index contributed by atoms with van der Waals surface area (Å²) in [6.45, 7) is 9.30. The van der Waals surface area contributed by atoms with Crippen LogP contribution in [0.25, 0.3) is 11.8 Å². The van der Waals surface area contributed by atoms with Gasteiger partial charge in [0.05, 0.1) is 16.7 Å². The second-order valence-corrected chi connectivity index (χ2v) is 13.6. The molecular formula is C44H38N6O6S. The van der Waals surface area contributed by atoms with E-state index < -0.39 is 22.8 Å². The maximum atomic E-state index is 14.3. The Morgan fingerprint density at radius 3 is 2.23 bits per heavy atom. The number of carbonyl (C=O) groups excluding carboxylic acids is 3. The summed E-state index contributed by atoms with van der Waals surface area (Å²) in [6, 6.07) is 30.6. The van der Waals surface area contributed by atoms with Gasteiger partial charge in [-0.1, -0.05) is 97.2 Å². The number of amides is 3. The van der Waals surface area contributed by atoms with Gasteiger partial charge in [-0.2, -0.15) is 4.99 Å². The smallest absolute Gasteiger partial charge is 0.287 e. The van der Waals surface area contributed by atoms with E-state index in [0.29, 0.717) is 17.0 Å². The first-order valence-electron chi connectivity index (χ1n) is 17.8. The summed E-state index contributed by atoms with van der Waals surface area (Å²) in [5.74, 6) is -1.04. The van der Waals surface area contributed by atoms with Crippen molar-refractivity contribution in [2.45, 2.75) is 26.8 Å². The zero-order valence-electron chi connectivity index (χ0n) is 31.4. The largest absolute Gasteiger partial charge is 0.439 e. The van der Waals surface area contributed by atoms with Crippen molar-refractivity contribution in [3.63, 3.8) is 0 Å². The van der Waals surface area contributed by atoms with Gasteiger partial charge in [0.25, 0.3) is 17.5 Å². The molecule has 0 aliphatic carbocycles. The number of aromatic nitrogens is 2. The average Bonchev–Trinajstić information content (AvgIpc) is 3.51. The number of pyridine rings is 1. The molecule has 0 radical (unpaired) electrons. The van der Waals surface area contributed by atoms with E-state index in [1.54, 1.807) is 49.4 Å². The molecule has 1 N–H and O–H groups in total. The minimum absolute atomic E-state index is 0.0757. The number of carbonyl (C=O) groups is 3. The fourth-order valence-electron chi connectivity index (χ4n) is 6.20. The van der Waals surface area contributed by atoms with E-state index in [2.05, 4.69) is 21.9 Å². The zero-order chi connectivity index (χ0) is 40.5. The Bertz CT molecular complexity index is 2400. The first kappa shape index (κ1) is 39.6. The van der Waals surface area contributed by atoms with Gasteiger partial charge in [-0.25, -0.2) is 4.98 Å². The van der Waals surface area contributed by atoms with Gasteiger partial charge in [-0.15, -0.1) is 0 Å². The van der Waals surface area contributed by atoms with Crippen molar-refractivity contribution in [3.8, 4) is 17.3 Å². The van der Waals surface area contributed by atoms with Crippen LogP contribution >= 0.6 is 11.8 Å².